The van der Waals surface area contributed by atoms with Crippen LogP contribution >= 0.6 is 0 Å². The number of rotatable bonds is 2. The van der Waals surface area contributed by atoms with E-state index in [0.717, 1.165) is 27.9 Å². The Bertz CT molecular complexity index is 1010. The molecule has 0 saturated heterocycles. The summed E-state index contributed by atoms with van der Waals surface area (Å²) >= 11 is 0. The van der Waals surface area contributed by atoms with E-state index in [1.165, 1.54) is 28.6 Å². The van der Waals surface area contributed by atoms with Crippen molar-refractivity contribution in [3.63, 3.8) is 0 Å². The molecule has 0 amide bonds. The van der Waals surface area contributed by atoms with Gasteiger partial charge in [0.05, 0.1) is 5.69 Å². The van der Waals surface area contributed by atoms with E-state index in [2.05, 4.69) is 43.1 Å². The van der Waals surface area contributed by atoms with E-state index < -0.39 is 0 Å². The second-order valence-electron chi connectivity index (χ2n) is 6.25. The molecule has 0 radical (unpaired) electrons. The predicted octanol–water partition coefficient (Wildman–Crippen LogP) is 6.26. The first-order chi connectivity index (χ1) is 11.6. The molecule has 0 saturated carbocycles. The van der Waals surface area contributed by atoms with Crippen molar-refractivity contribution in [1.82, 2.24) is 4.98 Å². The Morgan fingerprint density at radius 1 is 0.792 bits per heavy atom. The largest absolute Gasteiger partial charge is 0.354 e. The highest BCUT2D eigenvalue weighted by atomic mass is 19.1. The van der Waals surface area contributed by atoms with E-state index in [1.54, 1.807) is 0 Å². The topological polar surface area (TPSA) is 15.8 Å². The van der Waals surface area contributed by atoms with E-state index in [0.29, 0.717) is 0 Å². The first-order valence-corrected chi connectivity index (χ1v) is 8.08. The third-order valence-electron chi connectivity index (χ3n) is 4.44. The molecule has 4 rings (SSSR count). The fourth-order valence-electron chi connectivity index (χ4n) is 3.39. The molecule has 0 atom stereocenters. The highest BCUT2D eigenvalue weighted by Gasteiger charge is 2.16. The quantitative estimate of drug-likeness (QED) is 0.449. The molecule has 0 unspecified atom stereocenters. The molecule has 1 N–H and O–H groups in total. The van der Waals surface area contributed by atoms with Crippen molar-refractivity contribution in [2.24, 2.45) is 0 Å². The van der Waals surface area contributed by atoms with Gasteiger partial charge in [-0.15, -0.1) is 0 Å². The van der Waals surface area contributed by atoms with Gasteiger partial charge in [-0.1, -0.05) is 54.1 Å². The van der Waals surface area contributed by atoms with Gasteiger partial charge in [0.2, 0.25) is 0 Å². The Kier molecular flexibility index (Phi) is 3.46. The summed E-state index contributed by atoms with van der Waals surface area (Å²) < 4.78 is 13.4. The summed E-state index contributed by atoms with van der Waals surface area (Å²) in [7, 11) is 0. The number of hydrogen-bond acceptors (Lipinski definition) is 0. The number of H-pyrrole nitrogens is 1. The maximum absolute atomic E-state index is 13.4. The second kappa shape index (κ2) is 5.64. The van der Waals surface area contributed by atoms with Crippen LogP contribution in [0.2, 0.25) is 0 Å². The van der Waals surface area contributed by atoms with Gasteiger partial charge in [-0.25, -0.2) is 4.39 Å². The lowest BCUT2D eigenvalue weighted by atomic mass is 9.97. The molecule has 1 aromatic heterocycles. The number of aromatic amines is 1. The molecular formula is C22H18FN. The molecule has 0 aliphatic carbocycles. The minimum Gasteiger partial charge on any atom is -0.354 e. The smallest absolute Gasteiger partial charge is 0.123 e. The number of hydrogen-bond donors (Lipinski definition) is 1. The molecule has 0 aliphatic rings. The van der Waals surface area contributed by atoms with Crippen molar-refractivity contribution in [2.45, 2.75) is 13.8 Å². The van der Waals surface area contributed by atoms with Crippen molar-refractivity contribution in [2.75, 3.05) is 0 Å². The van der Waals surface area contributed by atoms with Gasteiger partial charge in [-0.05, 0) is 48.7 Å². The third kappa shape index (κ3) is 2.41. The minimum absolute atomic E-state index is 0.216. The van der Waals surface area contributed by atoms with Crippen LogP contribution < -0.4 is 0 Å². The van der Waals surface area contributed by atoms with Crippen molar-refractivity contribution < 1.29 is 4.39 Å². The fourth-order valence-corrected chi connectivity index (χ4v) is 3.39. The first kappa shape index (κ1) is 14.7. The van der Waals surface area contributed by atoms with Gasteiger partial charge in [-0.2, -0.15) is 0 Å². The van der Waals surface area contributed by atoms with Gasteiger partial charge in [0.15, 0.2) is 0 Å². The molecule has 1 nitrogen and oxygen atoms in total. The summed E-state index contributed by atoms with van der Waals surface area (Å²) in [5.74, 6) is -0.216. The maximum atomic E-state index is 13.4. The first-order valence-electron chi connectivity index (χ1n) is 8.08. The Morgan fingerprint density at radius 3 is 2.21 bits per heavy atom. The van der Waals surface area contributed by atoms with E-state index >= 15 is 0 Å². The van der Waals surface area contributed by atoms with Gasteiger partial charge < -0.3 is 4.98 Å². The van der Waals surface area contributed by atoms with Crippen LogP contribution in [0.25, 0.3) is 33.3 Å². The van der Waals surface area contributed by atoms with E-state index in [-0.39, 0.29) is 5.82 Å². The number of halogens is 1. The van der Waals surface area contributed by atoms with Crippen LogP contribution in [0.3, 0.4) is 0 Å². The van der Waals surface area contributed by atoms with Crippen molar-refractivity contribution in [1.29, 1.82) is 0 Å². The van der Waals surface area contributed by atoms with Crippen molar-refractivity contribution >= 4 is 10.9 Å². The normalized spacial score (nSPS) is 11.1. The second-order valence-corrected chi connectivity index (χ2v) is 6.25. The summed E-state index contributed by atoms with van der Waals surface area (Å²) in [6.45, 7) is 4.23. The van der Waals surface area contributed by atoms with Crippen LogP contribution in [0.4, 0.5) is 4.39 Å². The summed E-state index contributed by atoms with van der Waals surface area (Å²) in [5.41, 5.74) is 7.93. The Labute approximate surface area is 140 Å². The summed E-state index contributed by atoms with van der Waals surface area (Å²) in [4.78, 5) is 3.60. The Hall–Kier alpha value is -2.87. The molecule has 118 valence electrons. The fraction of sp³-hybridized carbons (Fsp3) is 0.0909. The zero-order valence-corrected chi connectivity index (χ0v) is 13.7. The zero-order chi connectivity index (χ0) is 16.7. The molecule has 0 aliphatic heterocycles. The van der Waals surface area contributed by atoms with E-state index in [9.17, 15) is 4.39 Å². The van der Waals surface area contributed by atoms with Crippen LogP contribution in [0, 0.1) is 19.7 Å². The van der Waals surface area contributed by atoms with Crippen LogP contribution in [0.5, 0.6) is 0 Å². The number of benzene rings is 3. The standard InChI is InChI=1S/C22H18FN/c1-14-12-15(2)21-19(13-14)20(16-8-10-18(23)11-9-16)22(24-21)17-6-4-3-5-7-17/h3-13,24H,1-2H3. The molecule has 1 heterocycles. The highest BCUT2D eigenvalue weighted by Crippen LogP contribution is 2.39. The van der Waals surface area contributed by atoms with Crippen LogP contribution in [0.15, 0.2) is 66.7 Å². The molecule has 2 heteroatoms. The van der Waals surface area contributed by atoms with Crippen LogP contribution in [-0.2, 0) is 0 Å². The summed E-state index contributed by atoms with van der Waals surface area (Å²) in [6.07, 6.45) is 0. The number of fused-ring (bicyclic) bond motifs is 1. The molecule has 0 bridgehead atoms. The third-order valence-corrected chi connectivity index (χ3v) is 4.44. The van der Waals surface area contributed by atoms with Gasteiger partial charge >= 0.3 is 0 Å². The van der Waals surface area contributed by atoms with Gasteiger partial charge in [0.1, 0.15) is 5.82 Å². The molecule has 4 aromatic rings. The van der Waals surface area contributed by atoms with Gasteiger partial charge in [0, 0.05) is 16.5 Å². The minimum atomic E-state index is -0.216. The number of nitrogens with one attached hydrogen (secondary N) is 1. The molecule has 0 fully saturated rings. The Morgan fingerprint density at radius 2 is 1.50 bits per heavy atom. The molecule has 24 heavy (non-hydrogen) atoms. The lowest BCUT2D eigenvalue weighted by Crippen LogP contribution is -1.83. The molecule has 3 aromatic carbocycles. The van der Waals surface area contributed by atoms with E-state index in [4.69, 9.17) is 0 Å². The number of aromatic nitrogens is 1. The predicted molar refractivity (Wildman–Crippen MR) is 98.6 cm³/mol. The zero-order valence-electron chi connectivity index (χ0n) is 13.7. The van der Waals surface area contributed by atoms with Crippen LogP contribution in [-0.4, -0.2) is 4.98 Å². The summed E-state index contributed by atoms with van der Waals surface area (Å²) in [6, 6.07) is 21.4. The maximum Gasteiger partial charge on any atom is 0.123 e. The monoisotopic (exact) mass is 315 g/mol. The van der Waals surface area contributed by atoms with Crippen LogP contribution in [0.1, 0.15) is 11.1 Å². The van der Waals surface area contributed by atoms with E-state index in [1.807, 2.05) is 30.3 Å². The SMILES string of the molecule is Cc1cc(C)c2[nH]c(-c3ccccc3)c(-c3ccc(F)cc3)c2c1. The number of aryl methyl sites for hydroxylation is 2. The average Bonchev–Trinajstić information content (AvgIpc) is 2.96. The van der Waals surface area contributed by atoms with Crippen molar-refractivity contribution in [3.8, 4) is 22.4 Å². The lowest BCUT2D eigenvalue weighted by molar-refractivity contribution is 0.628. The van der Waals surface area contributed by atoms with Gasteiger partial charge in [0.25, 0.3) is 0 Å². The molecule has 0 spiro atoms. The molecular weight excluding hydrogens is 297 g/mol. The lowest BCUT2D eigenvalue weighted by Gasteiger charge is -2.06. The summed E-state index contributed by atoms with van der Waals surface area (Å²) in [5, 5.41) is 1.18. The average molecular weight is 315 g/mol. The highest BCUT2D eigenvalue weighted by molar-refractivity contribution is 6.05. The van der Waals surface area contributed by atoms with Crippen molar-refractivity contribution in [3.05, 3.63) is 83.7 Å². The Balaban J connectivity index is 2.09. The van der Waals surface area contributed by atoms with Gasteiger partial charge in [-0.3, -0.25) is 0 Å².